The lowest BCUT2D eigenvalue weighted by atomic mass is 9.97. The lowest BCUT2D eigenvalue weighted by molar-refractivity contribution is -0.142. The van der Waals surface area contributed by atoms with Gasteiger partial charge in [0.25, 0.3) is 0 Å². The van der Waals surface area contributed by atoms with Crippen LogP contribution in [0.5, 0.6) is 0 Å². The van der Waals surface area contributed by atoms with Crippen molar-refractivity contribution in [2.75, 3.05) is 19.7 Å². The Balaban J connectivity index is 2.28. The molecule has 0 heterocycles. The quantitative estimate of drug-likeness (QED) is 0.0206. The first-order valence-corrected chi connectivity index (χ1v) is 25.2. The molecule has 8 amide bonds. The number of carboxylic acids is 2. The Morgan fingerprint density at radius 3 is 1.55 bits per heavy atom. The predicted molar refractivity (Wildman–Crippen MR) is 280 cm³/mol. The van der Waals surface area contributed by atoms with Gasteiger partial charge in [-0.25, -0.2) is 4.79 Å². The summed E-state index contributed by atoms with van der Waals surface area (Å²) in [7, 11) is 0. The Morgan fingerprint density at radius 2 is 1.04 bits per heavy atom. The van der Waals surface area contributed by atoms with E-state index in [1.165, 1.54) is 0 Å². The monoisotopic (exact) mass is 1070 g/mol. The maximum atomic E-state index is 14.0. The molecule has 0 aromatic heterocycles. The second-order valence-electron chi connectivity index (χ2n) is 19.0. The number of hydrogen-bond acceptors (Lipinski definition) is 13. The number of aliphatic hydroxyl groups is 1. The number of carbonyl (C=O) groups is 10. The van der Waals surface area contributed by atoms with Gasteiger partial charge in [-0.05, 0) is 48.1 Å². The molecule has 2 rings (SSSR count). The third-order valence-electron chi connectivity index (χ3n) is 12.4. The van der Waals surface area contributed by atoms with E-state index in [2.05, 4.69) is 47.5 Å². The third-order valence-corrected chi connectivity index (χ3v) is 12.4. The van der Waals surface area contributed by atoms with Crippen molar-refractivity contribution in [1.29, 1.82) is 0 Å². The van der Waals surface area contributed by atoms with Crippen molar-refractivity contribution in [2.24, 2.45) is 39.9 Å². The molecule has 0 aliphatic heterocycles. The number of aliphatic hydroxyl groups excluding tert-OH is 1. The molecule has 0 saturated heterocycles. The number of guanidine groups is 1. The van der Waals surface area contributed by atoms with E-state index in [0.717, 1.165) is 0 Å². The molecule has 76 heavy (non-hydrogen) atoms. The van der Waals surface area contributed by atoms with Crippen molar-refractivity contribution in [1.82, 2.24) is 42.5 Å². The van der Waals surface area contributed by atoms with Gasteiger partial charge in [0, 0.05) is 19.4 Å². The first-order chi connectivity index (χ1) is 35.9. The maximum absolute atomic E-state index is 14.0. The highest BCUT2D eigenvalue weighted by molar-refractivity contribution is 5.98. The zero-order valence-corrected chi connectivity index (χ0v) is 44.0. The Bertz CT molecular complexity index is 2280. The molecule has 0 aliphatic rings. The van der Waals surface area contributed by atoms with Crippen LogP contribution < -0.4 is 59.7 Å². The summed E-state index contributed by atoms with van der Waals surface area (Å²) in [6.45, 7) is 8.68. The average Bonchev–Trinajstić information content (AvgIpc) is 3.37. The first kappa shape index (κ1) is 64.4. The van der Waals surface area contributed by atoms with Crippen LogP contribution in [-0.4, -0.2) is 149 Å². The molecule has 2 aromatic carbocycles. The van der Waals surface area contributed by atoms with Crippen molar-refractivity contribution in [3.8, 4) is 0 Å². The summed E-state index contributed by atoms with van der Waals surface area (Å²) in [4.78, 5) is 137. The summed E-state index contributed by atoms with van der Waals surface area (Å²) in [5.41, 5.74) is 18.3. The zero-order chi connectivity index (χ0) is 57.1. The molecule has 0 bridgehead atoms. The molecule has 25 nitrogen and oxygen atoms in total. The Kier molecular flexibility index (Phi) is 28.2. The molecule has 0 unspecified atom stereocenters. The fraction of sp³-hybridized carbons (Fsp3) is 0.549. The molecule has 17 N–H and O–H groups in total. The number of nitrogens with zero attached hydrogens (tertiary/aromatic N) is 1. The summed E-state index contributed by atoms with van der Waals surface area (Å²) >= 11 is 0. The van der Waals surface area contributed by atoms with Crippen molar-refractivity contribution in [3.05, 3.63) is 71.8 Å². The number of nitrogens with one attached hydrogen (secondary N) is 8. The predicted octanol–water partition coefficient (Wildman–Crippen LogP) is -1.95. The van der Waals surface area contributed by atoms with Crippen LogP contribution in [0.3, 0.4) is 0 Å². The van der Waals surface area contributed by atoms with E-state index in [0.29, 0.717) is 24.0 Å². The minimum Gasteiger partial charge on any atom is -0.481 e. The van der Waals surface area contributed by atoms with Crippen LogP contribution >= 0.6 is 0 Å². The maximum Gasteiger partial charge on any atom is 0.326 e. The van der Waals surface area contributed by atoms with Crippen molar-refractivity contribution in [3.63, 3.8) is 0 Å². The van der Waals surface area contributed by atoms with Crippen LogP contribution in [0.4, 0.5) is 0 Å². The van der Waals surface area contributed by atoms with E-state index in [-0.39, 0.29) is 56.4 Å². The topological polar surface area (TPSA) is 418 Å². The number of carboxylic acid groups (broad SMARTS) is 2. The van der Waals surface area contributed by atoms with Gasteiger partial charge in [-0.15, -0.1) is 0 Å². The van der Waals surface area contributed by atoms with Crippen LogP contribution in [0.2, 0.25) is 0 Å². The number of rotatable bonds is 34. The molecule has 0 saturated carbocycles. The lowest BCUT2D eigenvalue weighted by Gasteiger charge is -2.28. The van der Waals surface area contributed by atoms with Gasteiger partial charge in [0.05, 0.1) is 25.6 Å². The molecular weight excluding hydrogens is 989 g/mol. The van der Waals surface area contributed by atoms with Gasteiger partial charge in [0.2, 0.25) is 47.3 Å². The Labute approximate surface area is 442 Å². The first-order valence-electron chi connectivity index (χ1n) is 25.2. The summed E-state index contributed by atoms with van der Waals surface area (Å²) in [6, 6.07) is 5.98. The molecule has 2 aromatic rings. The minimum atomic E-state index is -1.80. The molecule has 0 aliphatic carbocycles. The van der Waals surface area contributed by atoms with Crippen LogP contribution in [0.15, 0.2) is 65.7 Å². The van der Waals surface area contributed by atoms with Crippen molar-refractivity contribution < 1.29 is 63.3 Å². The largest absolute Gasteiger partial charge is 0.481 e. The van der Waals surface area contributed by atoms with Gasteiger partial charge in [0.1, 0.15) is 42.3 Å². The van der Waals surface area contributed by atoms with E-state index in [9.17, 15) is 63.3 Å². The van der Waals surface area contributed by atoms with Crippen LogP contribution in [0.1, 0.15) is 91.2 Å². The highest BCUT2D eigenvalue weighted by Crippen LogP contribution is 2.13. The molecule has 25 heteroatoms. The van der Waals surface area contributed by atoms with Crippen LogP contribution in [-0.2, 0) is 60.8 Å². The van der Waals surface area contributed by atoms with Gasteiger partial charge < -0.3 is 75.1 Å². The fourth-order valence-corrected chi connectivity index (χ4v) is 7.51. The molecule has 0 spiro atoms. The lowest BCUT2D eigenvalue weighted by Crippen LogP contribution is -2.61. The van der Waals surface area contributed by atoms with E-state index >= 15 is 0 Å². The van der Waals surface area contributed by atoms with E-state index in [1.54, 1.807) is 95.3 Å². The number of aliphatic carboxylic acids is 2. The molecular formula is C51H78N12O13. The summed E-state index contributed by atoms with van der Waals surface area (Å²) in [5.74, 6) is -11.3. The van der Waals surface area contributed by atoms with Gasteiger partial charge in [-0.3, -0.25) is 48.1 Å². The second kappa shape index (κ2) is 33.3. The smallest absolute Gasteiger partial charge is 0.326 e. The van der Waals surface area contributed by atoms with Gasteiger partial charge in [-0.1, -0.05) is 115 Å². The fourth-order valence-electron chi connectivity index (χ4n) is 7.51. The van der Waals surface area contributed by atoms with Crippen molar-refractivity contribution >= 4 is 65.2 Å². The van der Waals surface area contributed by atoms with E-state index in [1.807, 2.05) is 6.92 Å². The number of nitrogens with two attached hydrogens (primary N) is 3. The second-order valence-corrected chi connectivity index (χ2v) is 19.0. The number of hydrogen-bond donors (Lipinski definition) is 14. The standard InChI is InChI=1S/C51H78N12O13/c1-7-29(5)41(52)48(73)60-34(22-28(3)4)44(69)59-36(25-40(66)67)46(71)62-38(27-64)47(72)63-42(30(6)8-2)49(74)56-26-39(65)57-33(20-15-21-55-51(53)54)43(68)58-35(23-31-16-11-9-12-17-31)45(70)61-37(50(75)76)24-32-18-13-10-14-19-32/h9-14,16-19,28-30,33-38,41-42,64H,7-8,15,20-27,52H2,1-6H3,(H,56,74)(H,57,65)(H,58,68)(H,59,69)(H,60,73)(H,61,70)(H,62,71)(H,63,72)(H,66,67)(H,75,76)(H4,53,54,55)/t29-,30-,33-,34-,35-,36-,37-,38-,41-,42-/m0/s1. The normalized spacial score (nSPS) is 15.0. The molecule has 0 fully saturated rings. The number of aliphatic imine (C=N–C) groups is 1. The van der Waals surface area contributed by atoms with Gasteiger partial charge in [-0.2, -0.15) is 0 Å². The number of amides is 8. The third kappa shape index (κ3) is 23.3. The summed E-state index contributed by atoms with van der Waals surface area (Å²) in [6.07, 6.45) is -0.0647. The Hall–Kier alpha value is -7.67. The SMILES string of the molecule is CC[C@H](C)[C@H](N)C(=O)N[C@@H](CC(C)C)C(=O)N[C@@H](CC(=O)O)C(=O)N[C@@H](CO)C(=O)N[C@H](C(=O)NCC(=O)N[C@@H](CCCN=C(N)N)C(=O)N[C@@H](Cc1ccccc1)C(=O)N[C@@H](Cc1ccccc1)C(=O)O)[C@@H](C)CC. The van der Waals surface area contributed by atoms with E-state index in [4.69, 9.17) is 17.2 Å². The summed E-state index contributed by atoms with van der Waals surface area (Å²) < 4.78 is 0. The average molecular weight is 1070 g/mol. The molecule has 0 radical (unpaired) electrons. The molecule has 10 atom stereocenters. The molecule has 420 valence electrons. The number of carbonyl (C=O) groups excluding carboxylic acids is 8. The van der Waals surface area contributed by atoms with Gasteiger partial charge in [0.15, 0.2) is 5.96 Å². The van der Waals surface area contributed by atoms with Crippen molar-refractivity contribution in [2.45, 2.75) is 141 Å². The Morgan fingerprint density at radius 1 is 0.566 bits per heavy atom. The number of benzene rings is 2. The highest BCUT2D eigenvalue weighted by atomic mass is 16.4. The van der Waals surface area contributed by atoms with Crippen LogP contribution in [0, 0.1) is 17.8 Å². The van der Waals surface area contributed by atoms with E-state index < -0.39 is 133 Å². The minimum absolute atomic E-state index is 0.0411. The van der Waals surface area contributed by atoms with Crippen LogP contribution in [0.25, 0.3) is 0 Å². The summed E-state index contributed by atoms with van der Waals surface area (Å²) in [5, 5.41) is 49.6. The zero-order valence-electron chi connectivity index (χ0n) is 44.0. The van der Waals surface area contributed by atoms with Gasteiger partial charge >= 0.3 is 11.9 Å². The highest BCUT2D eigenvalue weighted by Gasteiger charge is 2.35.